The van der Waals surface area contributed by atoms with Crippen molar-refractivity contribution in [1.29, 1.82) is 0 Å². The lowest BCUT2D eigenvalue weighted by molar-refractivity contribution is -0.142. The van der Waals surface area contributed by atoms with Crippen molar-refractivity contribution in [2.24, 2.45) is 4.99 Å². The number of nitrogens with one attached hydrogen (secondary N) is 1. The molecule has 2 heterocycles. The van der Waals surface area contributed by atoms with Gasteiger partial charge in [-0.25, -0.2) is 9.79 Å². The zero-order chi connectivity index (χ0) is 23.4. The van der Waals surface area contributed by atoms with E-state index < -0.39 is 41.5 Å². The van der Waals surface area contributed by atoms with Gasteiger partial charge in [-0.05, 0) is 38.1 Å². The molecular weight excluding hydrogens is 504 g/mol. The Morgan fingerprint density at radius 3 is 2.69 bits per heavy atom. The summed E-state index contributed by atoms with van der Waals surface area (Å²) < 4.78 is 11.6. The number of imide groups is 1. The second kappa shape index (κ2) is 10.5. The highest BCUT2D eigenvalue weighted by atomic mass is 79.9. The summed E-state index contributed by atoms with van der Waals surface area (Å²) in [5.41, 5.74) is 0. The normalized spacial score (nSPS) is 22.1. The molecule has 3 rings (SSSR count). The fourth-order valence-electron chi connectivity index (χ4n) is 3.26. The molecule has 4 atom stereocenters. The molecule has 2 aliphatic heterocycles. The quantitative estimate of drug-likeness (QED) is 0.486. The molecule has 1 aromatic rings. The number of aliphatic imine (C=N–C) groups is 1. The first-order valence-corrected chi connectivity index (χ1v) is 11.7. The average Bonchev–Trinajstić information content (AvgIpc) is 3.10. The number of hydrogen-bond donors (Lipinski definition) is 2. The van der Waals surface area contributed by atoms with Gasteiger partial charge in [0.15, 0.2) is 17.4 Å². The third kappa shape index (κ3) is 5.54. The second-order valence-electron chi connectivity index (χ2n) is 7.26. The summed E-state index contributed by atoms with van der Waals surface area (Å²) in [6.45, 7) is 3.64. The Labute approximate surface area is 198 Å². The number of β-amino-alcohol motifs (C(OH)–C–C–N with tert-alkyl or cyclic N) is 1. The third-order valence-electron chi connectivity index (χ3n) is 4.89. The van der Waals surface area contributed by atoms with Crippen molar-refractivity contribution >= 4 is 50.8 Å². The number of urea groups is 1. The minimum Gasteiger partial charge on any atom is -0.491 e. The number of benzene rings is 1. The molecular formula is C20H25BrN4O6S. The van der Waals surface area contributed by atoms with E-state index in [0.717, 1.165) is 16.2 Å². The van der Waals surface area contributed by atoms with Crippen molar-refractivity contribution in [3.63, 3.8) is 0 Å². The van der Waals surface area contributed by atoms with E-state index in [2.05, 4.69) is 26.2 Å². The lowest BCUT2D eigenvalue weighted by atomic mass is 10.1. The maximum atomic E-state index is 12.6. The van der Waals surface area contributed by atoms with Gasteiger partial charge in [0.25, 0.3) is 5.91 Å². The number of hydrogen-bond acceptors (Lipinski definition) is 9. The molecule has 2 N–H and O–H groups in total. The molecule has 0 saturated carbocycles. The molecule has 0 spiro atoms. The molecule has 0 aliphatic carbocycles. The number of carbonyl (C=O) groups is 3. The number of carbonyl (C=O) groups excluding carboxylic acids is 3. The van der Waals surface area contributed by atoms with E-state index in [9.17, 15) is 19.5 Å². The first-order valence-electron chi connectivity index (χ1n) is 10.0. The second-order valence-corrected chi connectivity index (χ2v) is 9.48. The maximum Gasteiger partial charge on any atom is 0.325 e. The van der Waals surface area contributed by atoms with Crippen LogP contribution in [0.1, 0.15) is 13.8 Å². The molecule has 12 heteroatoms. The van der Waals surface area contributed by atoms with Gasteiger partial charge in [-0.15, -0.1) is 0 Å². The number of halogens is 1. The summed E-state index contributed by atoms with van der Waals surface area (Å²) in [6, 6.07) is 5.80. The number of nitrogens with zero attached hydrogens (tertiary/aromatic N) is 3. The van der Waals surface area contributed by atoms with E-state index in [4.69, 9.17) is 9.47 Å². The first-order chi connectivity index (χ1) is 15.2. The third-order valence-corrected chi connectivity index (χ3v) is 6.51. The van der Waals surface area contributed by atoms with Gasteiger partial charge in [0.05, 0.1) is 13.2 Å². The summed E-state index contributed by atoms with van der Waals surface area (Å²) in [6.07, 6.45) is -1.72. The van der Waals surface area contributed by atoms with Crippen LogP contribution in [0.5, 0.6) is 5.75 Å². The molecule has 32 heavy (non-hydrogen) atoms. The Morgan fingerprint density at radius 2 is 2.03 bits per heavy atom. The number of likely N-dealkylation sites (N-methyl/N-ethyl adjacent to an activating group) is 1. The van der Waals surface area contributed by atoms with Gasteiger partial charge in [-0.1, -0.05) is 27.7 Å². The molecule has 1 saturated heterocycles. The number of fused-ring (bicyclic) bond motifs is 1. The zero-order valence-electron chi connectivity index (χ0n) is 17.9. The molecule has 0 bridgehead atoms. The maximum absolute atomic E-state index is 12.6. The van der Waals surface area contributed by atoms with Crippen LogP contribution >= 0.6 is 27.7 Å². The number of aliphatic hydroxyl groups is 1. The average molecular weight is 529 g/mol. The van der Waals surface area contributed by atoms with Crippen LogP contribution in [0.25, 0.3) is 0 Å². The van der Waals surface area contributed by atoms with Crippen LogP contribution in [0.3, 0.4) is 0 Å². The van der Waals surface area contributed by atoms with Gasteiger partial charge in [0.1, 0.15) is 23.7 Å². The molecule has 1 fully saturated rings. The van der Waals surface area contributed by atoms with Gasteiger partial charge in [0, 0.05) is 11.5 Å². The van der Waals surface area contributed by atoms with Gasteiger partial charge in [0.2, 0.25) is 0 Å². The van der Waals surface area contributed by atoms with Crippen LogP contribution in [0, 0.1) is 0 Å². The molecule has 1 aromatic carbocycles. The topological polar surface area (TPSA) is 121 Å². The van der Waals surface area contributed by atoms with Crippen LogP contribution in [0.4, 0.5) is 4.79 Å². The highest BCUT2D eigenvalue weighted by molar-refractivity contribution is 9.10. The Hall–Kier alpha value is -2.31. The lowest BCUT2D eigenvalue weighted by Crippen LogP contribution is -2.64. The van der Waals surface area contributed by atoms with Crippen molar-refractivity contribution < 1.29 is 29.0 Å². The first kappa shape index (κ1) is 24.3. The Morgan fingerprint density at radius 1 is 1.34 bits per heavy atom. The Bertz CT molecular complexity index is 899. The number of rotatable bonds is 8. The highest BCUT2D eigenvalue weighted by Crippen LogP contribution is 2.31. The van der Waals surface area contributed by atoms with Crippen molar-refractivity contribution in [3.05, 3.63) is 28.7 Å². The van der Waals surface area contributed by atoms with E-state index >= 15 is 0 Å². The van der Waals surface area contributed by atoms with Crippen molar-refractivity contribution in [3.8, 4) is 5.75 Å². The van der Waals surface area contributed by atoms with E-state index in [-0.39, 0.29) is 19.8 Å². The number of amides is 3. The summed E-state index contributed by atoms with van der Waals surface area (Å²) in [5.74, 6) is -0.336. The van der Waals surface area contributed by atoms with Gasteiger partial charge >= 0.3 is 12.0 Å². The minimum atomic E-state index is -0.961. The fraction of sp³-hybridized carbons (Fsp3) is 0.500. The van der Waals surface area contributed by atoms with E-state index in [0.29, 0.717) is 10.9 Å². The monoisotopic (exact) mass is 528 g/mol. The predicted octanol–water partition coefficient (Wildman–Crippen LogP) is 1.42. The number of thioether (sulfide) groups is 1. The van der Waals surface area contributed by atoms with E-state index in [1.54, 1.807) is 30.9 Å². The van der Waals surface area contributed by atoms with Crippen LogP contribution in [0.2, 0.25) is 0 Å². The largest absolute Gasteiger partial charge is 0.491 e. The van der Waals surface area contributed by atoms with Crippen molar-refractivity contribution in [1.82, 2.24) is 15.1 Å². The van der Waals surface area contributed by atoms with E-state index in [1.807, 2.05) is 12.1 Å². The van der Waals surface area contributed by atoms with Crippen LogP contribution in [0.15, 0.2) is 33.7 Å². The molecule has 3 amide bonds. The van der Waals surface area contributed by atoms with Crippen LogP contribution in [-0.2, 0) is 14.3 Å². The van der Waals surface area contributed by atoms with Crippen molar-refractivity contribution in [2.75, 3.05) is 26.8 Å². The minimum absolute atomic E-state index is 0.0166. The van der Waals surface area contributed by atoms with Crippen LogP contribution in [-0.4, -0.2) is 88.3 Å². The zero-order valence-corrected chi connectivity index (χ0v) is 20.3. The number of esters is 1. The van der Waals surface area contributed by atoms with Crippen LogP contribution < -0.4 is 10.1 Å². The summed E-state index contributed by atoms with van der Waals surface area (Å²) in [7, 11) is 1.54. The van der Waals surface area contributed by atoms with Gasteiger partial charge in [-0.3, -0.25) is 14.9 Å². The smallest absolute Gasteiger partial charge is 0.325 e. The summed E-state index contributed by atoms with van der Waals surface area (Å²) >= 11 is 4.47. The number of ether oxygens (including phenoxy) is 2. The van der Waals surface area contributed by atoms with E-state index in [1.165, 1.54) is 11.9 Å². The van der Waals surface area contributed by atoms with Gasteiger partial charge in [-0.2, -0.15) is 0 Å². The predicted molar refractivity (Wildman–Crippen MR) is 122 cm³/mol. The SMILES string of the molecule is CCOC(=O)C(C)SC1=NC2C(C(=O)NC(=O)N2C)N1CC(O)COc1ccc(Br)cc1. The van der Waals surface area contributed by atoms with Crippen molar-refractivity contribution in [2.45, 2.75) is 37.4 Å². The number of amidine groups is 1. The molecule has 10 nitrogen and oxygen atoms in total. The fourth-order valence-corrected chi connectivity index (χ4v) is 4.50. The molecule has 4 unspecified atom stereocenters. The Balaban J connectivity index is 1.73. The standard InChI is InChI=1S/C20H25BrN4O6S/c1-4-30-18(28)11(2)32-20-22-16-15(17(27)23-19(29)24(16)3)25(20)9-13(26)10-31-14-7-5-12(21)6-8-14/h5-8,11,13,15-16,26H,4,9-10H2,1-3H3,(H,23,27,29). The summed E-state index contributed by atoms with van der Waals surface area (Å²) in [5, 5.41) is 12.7. The molecule has 174 valence electrons. The molecule has 0 aromatic heterocycles. The Kier molecular flexibility index (Phi) is 8.01. The van der Waals surface area contributed by atoms with Gasteiger partial charge < -0.3 is 24.4 Å². The summed E-state index contributed by atoms with van der Waals surface area (Å²) in [4.78, 5) is 44.2. The molecule has 0 radical (unpaired) electrons. The molecule has 2 aliphatic rings. The lowest BCUT2D eigenvalue weighted by Gasteiger charge is -2.37. The highest BCUT2D eigenvalue weighted by Gasteiger charge is 2.49. The number of aliphatic hydroxyl groups excluding tert-OH is 1.